The number of halogens is 5. The van der Waals surface area contributed by atoms with Gasteiger partial charge in [0, 0.05) is 45.0 Å². The minimum absolute atomic E-state index is 0.0388. The van der Waals surface area contributed by atoms with Crippen LogP contribution in [0.4, 0.5) is 8.78 Å². The van der Waals surface area contributed by atoms with Crippen molar-refractivity contribution in [2.24, 2.45) is 0 Å². The van der Waals surface area contributed by atoms with Gasteiger partial charge in [0.2, 0.25) is 0 Å². The van der Waals surface area contributed by atoms with Crippen molar-refractivity contribution in [2.45, 2.75) is 24.7 Å². The van der Waals surface area contributed by atoms with Crippen LogP contribution in [0.2, 0.25) is 0 Å². The fraction of sp³-hybridized carbons (Fsp3) is 0.188. The second-order valence-electron chi connectivity index (χ2n) is 9.47. The molecule has 2 aliphatic rings. The molecule has 0 spiro atoms. The van der Waals surface area contributed by atoms with Crippen LogP contribution >= 0.6 is 47.8 Å². The van der Waals surface area contributed by atoms with Crippen LogP contribution in [0.25, 0.3) is 0 Å². The Kier molecular flexibility index (Phi) is 11.2. The van der Waals surface area contributed by atoms with Crippen molar-refractivity contribution in [2.75, 3.05) is 13.1 Å². The lowest BCUT2D eigenvalue weighted by Crippen LogP contribution is -2.37. The molecule has 4 aromatic rings. The molecule has 2 heterocycles. The van der Waals surface area contributed by atoms with E-state index in [1.165, 1.54) is 24.3 Å². The smallest absolute Gasteiger partial charge is 0.254 e. The monoisotopic (exact) mass is 746 g/mol. The third-order valence-electron chi connectivity index (χ3n) is 6.59. The quantitative estimate of drug-likeness (QED) is 0.215. The van der Waals surface area contributed by atoms with Crippen molar-refractivity contribution in [3.63, 3.8) is 0 Å². The summed E-state index contributed by atoms with van der Waals surface area (Å²) >= 11 is 10.00. The zero-order valence-electron chi connectivity index (χ0n) is 22.0. The summed E-state index contributed by atoms with van der Waals surface area (Å²) in [6.07, 6.45) is 1.80. The highest BCUT2D eigenvalue weighted by Gasteiger charge is 2.24. The summed E-state index contributed by atoms with van der Waals surface area (Å²) in [5.41, 5.74) is 5.83. The maximum atomic E-state index is 12.9. The van der Waals surface area contributed by atoms with E-state index in [0.717, 1.165) is 67.0 Å². The molecule has 1 N–H and O–H groups in total. The van der Waals surface area contributed by atoms with Crippen molar-refractivity contribution < 1.29 is 18.4 Å². The minimum atomic E-state index is -0.256. The van der Waals surface area contributed by atoms with Gasteiger partial charge in [0.1, 0.15) is 11.6 Å². The molecule has 0 atom stereocenters. The highest BCUT2D eigenvalue weighted by atomic mass is 79.9. The first kappa shape index (κ1) is 31.1. The lowest BCUT2D eigenvalue weighted by atomic mass is 9.98. The lowest BCUT2D eigenvalue weighted by molar-refractivity contribution is 0.0726. The summed E-state index contributed by atoms with van der Waals surface area (Å²) in [6, 6.07) is 24.4. The van der Waals surface area contributed by atoms with Gasteiger partial charge in [0.15, 0.2) is 0 Å². The molecule has 0 fully saturated rings. The van der Waals surface area contributed by atoms with Crippen molar-refractivity contribution in [1.82, 2.24) is 10.2 Å². The zero-order valence-corrected chi connectivity index (χ0v) is 26.7. The molecule has 9 heteroatoms. The molecule has 0 bridgehead atoms. The molecular weight excluding hydrogens is 722 g/mol. The third kappa shape index (κ3) is 8.80. The van der Waals surface area contributed by atoms with Gasteiger partial charge >= 0.3 is 0 Å². The minimum Gasteiger partial charge on any atom is -0.352 e. The van der Waals surface area contributed by atoms with E-state index in [1.807, 2.05) is 41.3 Å². The van der Waals surface area contributed by atoms with E-state index in [2.05, 4.69) is 53.1 Å². The first-order chi connectivity index (χ1) is 19.7. The maximum absolute atomic E-state index is 12.9. The Hall–Kier alpha value is -2.88. The second-order valence-corrected chi connectivity index (χ2v) is 11.9. The molecular formula is C32H27Br3F2N2O2. The summed E-state index contributed by atoms with van der Waals surface area (Å²) in [5, 5.41) is 3.59. The van der Waals surface area contributed by atoms with Crippen molar-refractivity contribution in [1.29, 1.82) is 0 Å². The van der Waals surface area contributed by atoms with Crippen LogP contribution in [0.3, 0.4) is 0 Å². The van der Waals surface area contributed by atoms with Crippen LogP contribution in [0.5, 0.6) is 0 Å². The Balaban J connectivity index is 0.000000156. The predicted molar refractivity (Wildman–Crippen MR) is 168 cm³/mol. The number of nitrogens with one attached hydrogen (secondary N) is 1. The fourth-order valence-electron chi connectivity index (χ4n) is 4.41. The molecule has 0 unspecified atom stereocenters. The lowest BCUT2D eigenvalue weighted by Gasteiger charge is -2.28. The summed E-state index contributed by atoms with van der Waals surface area (Å²) < 4.78 is 27.0. The van der Waals surface area contributed by atoms with Gasteiger partial charge in [0.05, 0.1) is 0 Å². The number of carbonyl (C=O) groups is 2. The van der Waals surface area contributed by atoms with Crippen LogP contribution in [0.15, 0.2) is 93.9 Å². The standard InChI is InChI=1S/C16H13BrFNO.C9H8BrNO.C7H6BrF/c17-13-4-3-12-7-8-19(16(20)15(12)9-13)10-11-1-5-14(18)6-2-11;10-7-2-1-6-3-4-11-9(12)8(6)5-7;8-5-6-1-3-7(9)4-2-6/h1-6,9H,7-8,10H2;1-2,5H,3-4H2,(H,11,12);1-4H,5H2. The summed E-state index contributed by atoms with van der Waals surface area (Å²) in [7, 11) is 0. The summed E-state index contributed by atoms with van der Waals surface area (Å²) in [6.45, 7) is 1.98. The topological polar surface area (TPSA) is 49.4 Å². The van der Waals surface area contributed by atoms with Gasteiger partial charge in [-0.05, 0) is 83.6 Å². The molecule has 0 radical (unpaired) electrons. The van der Waals surface area contributed by atoms with Crippen molar-refractivity contribution in [3.05, 3.63) is 139 Å². The second kappa shape index (κ2) is 14.8. The molecule has 2 aliphatic heterocycles. The van der Waals surface area contributed by atoms with E-state index in [0.29, 0.717) is 13.1 Å². The predicted octanol–water partition coefficient (Wildman–Crippen LogP) is 8.24. The van der Waals surface area contributed by atoms with Crippen molar-refractivity contribution in [3.8, 4) is 0 Å². The SMILES string of the molecule is Fc1ccc(CBr)cc1.O=C1NCCc2ccc(Br)cc21.O=C1c2cc(Br)ccc2CCN1Cc1ccc(F)cc1. The first-order valence-electron chi connectivity index (χ1n) is 12.9. The summed E-state index contributed by atoms with van der Waals surface area (Å²) in [4.78, 5) is 25.6. The Morgan fingerprint density at radius 3 is 1.83 bits per heavy atom. The Morgan fingerprint density at radius 1 is 0.707 bits per heavy atom. The number of nitrogens with zero attached hydrogens (tertiary/aromatic N) is 1. The van der Waals surface area contributed by atoms with E-state index in [1.54, 1.807) is 24.3 Å². The maximum Gasteiger partial charge on any atom is 0.254 e. The highest BCUT2D eigenvalue weighted by Crippen LogP contribution is 2.24. The molecule has 0 aliphatic carbocycles. The average molecular weight is 749 g/mol. The Labute approximate surface area is 263 Å². The van der Waals surface area contributed by atoms with E-state index >= 15 is 0 Å². The van der Waals surface area contributed by atoms with Crippen LogP contribution in [-0.2, 0) is 24.7 Å². The third-order valence-corrected chi connectivity index (χ3v) is 8.23. The van der Waals surface area contributed by atoms with Gasteiger partial charge in [-0.3, -0.25) is 9.59 Å². The first-order valence-corrected chi connectivity index (χ1v) is 15.6. The van der Waals surface area contributed by atoms with Gasteiger partial charge in [-0.25, -0.2) is 8.78 Å². The van der Waals surface area contributed by atoms with Crippen LogP contribution in [-0.4, -0.2) is 29.8 Å². The number of alkyl halides is 1. The number of hydrogen-bond acceptors (Lipinski definition) is 2. The van der Waals surface area contributed by atoms with E-state index in [-0.39, 0.29) is 23.4 Å². The number of rotatable bonds is 3. The number of benzene rings is 4. The summed E-state index contributed by atoms with van der Waals surface area (Å²) in [5.74, 6) is -0.359. The zero-order chi connectivity index (χ0) is 29.4. The van der Waals surface area contributed by atoms with Gasteiger partial charge in [0.25, 0.3) is 11.8 Å². The molecule has 0 saturated heterocycles. The highest BCUT2D eigenvalue weighted by molar-refractivity contribution is 9.10. The van der Waals surface area contributed by atoms with Crippen molar-refractivity contribution >= 4 is 59.6 Å². The molecule has 2 amide bonds. The van der Waals surface area contributed by atoms with Gasteiger partial charge < -0.3 is 10.2 Å². The van der Waals surface area contributed by atoms with E-state index in [9.17, 15) is 18.4 Å². The van der Waals surface area contributed by atoms with Gasteiger partial charge in [-0.15, -0.1) is 0 Å². The Morgan fingerprint density at radius 2 is 1.24 bits per heavy atom. The molecule has 4 nitrogen and oxygen atoms in total. The number of carbonyl (C=O) groups excluding carboxylic acids is 2. The average Bonchev–Trinajstić information content (AvgIpc) is 2.97. The molecule has 212 valence electrons. The molecule has 0 aromatic heterocycles. The normalized spacial score (nSPS) is 13.5. The molecule has 6 rings (SSSR count). The van der Waals surface area contributed by atoms with Crippen LogP contribution in [0.1, 0.15) is 43.0 Å². The van der Waals surface area contributed by atoms with Crippen LogP contribution < -0.4 is 5.32 Å². The van der Waals surface area contributed by atoms with Gasteiger partial charge in [-0.2, -0.15) is 0 Å². The molecule has 0 saturated carbocycles. The number of amides is 2. The number of fused-ring (bicyclic) bond motifs is 2. The van der Waals surface area contributed by atoms with E-state index in [4.69, 9.17) is 0 Å². The Bertz CT molecular complexity index is 1510. The fourth-order valence-corrected chi connectivity index (χ4v) is 5.51. The molecule has 41 heavy (non-hydrogen) atoms. The number of hydrogen-bond donors (Lipinski definition) is 1. The van der Waals surface area contributed by atoms with Gasteiger partial charge in [-0.1, -0.05) is 84.2 Å². The molecule has 4 aromatic carbocycles. The van der Waals surface area contributed by atoms with Crippen LogP contribution in [0, 0.1) is 11.6 Å². The van der Waals surface area contributed by atoms with E-state index < -0.39 is 0 Å². The largest absolute Gasteiger partial charge is 0.352 e.